The van der Waals surface area contributed by atoms with Gasteiger partial charge in [0.2, 0.25) is 5.91 Å². The Hall–Kier alpha value is -4.52. The Labute approximate surface area is 231 Å². The van der Waals surface area contributed by atoms with Crippen LogP contribution < -0.4 is 9.64 Å². The van der Waals surface area contributed by atoms with Crippen molar-refractivity contribution >= 4 is 17.8 Å². The first kappa shape index (κ1) is 27.1. The van der Waals surface area contributed by atoms with E-state index in [1.165, 1.54) is 41.3 Å². The zero-order chi connectivity index (χ0) is 28.2. The first-order valence-electron chi connectivity index (χ1n) is 13.2. The van der Waals surface area contributed by atoms with Crippen LogP contribution in [0.2, 0.25) is 0 Å². The van der Waals surface area contributed by atoms with Gasteiger partial charge in [-0.15, -0.1) is 0 Å². The minimum absolute atomic E-state index is 0.0300. The topological polar surface area (TPSA) is 89.8 Å². The number of pyridine rings is 1. The summed E-state index contributed by atoms with van der Waals surface area (Å²) in [7, 11) is 1.62. The van der Waals surface area contributed by atoms with Gasteiger partial charge >= 0.3 is 6.09 Å². The van der Waals surface area contributed by atoms with Crippen molar-refractivity contribution in [3.05, 3.63) is 89.6 Å². The smallest absolute Gasteiger partial charge is 0.410 e. The number of ether oxygens (including phenoxy) is 1. The number of rotatable bonds is 5. The van der Waals surface area contributed by atoms with E-state index in [1.807, 2.05) is 6.07 Å². The molecule has 2 amide bonds. The van der Waals surface area contributed by atoms with Gasteiger partial charge in [-0.3, -0.25) is 4.79 Å². The van der Waals surface area contributed by atoms with Gasteiger partial charge in [0.1, 0.15) is 29.3 Å². The van der Waals surface area contributed by atoms with Crippen LogP contribution in [0.3, 0.4) is 0 Å². The summed E-state index contributed by atoms with van der Waals surface area (Å²) in [6.45, 7) is 2.03. The SMILES string of the molecule is CN(C(=O)Oc1ccc(F)cc1)[C@H]1CN(C(=O)C2CCN(c3ccc(C#N)cn3)CC2)C[C@@H]1c1ccc(F)cc1. The van der Waals surface area contributed by atoms with Gasteiger partial charge in [0.15, 0.2) is 0 Å². The maximum atomic E-state index is 13.7. The molecule has 206 valence electrons. The highest BCUT2D eigenvalue weighted by molar-refractivity contribution is 5.80. The lowest BCUT2D eigenvalue weighted by Crippen LogP contribution is -2.45. The normalized spacial score (nSPS) is 19.2. The van der Waals surface area contributed by atoms with Crippen LogP contribution in [-0.4, -0.2) is 66.1 Å². The number of likely N-dealkylation sites (N-methyl/N-ethyl adjacent to an activating group) is 1. The number of benzene rings is 2. The lowest BCUT2D eigenvalue weighted by atomic mass is 9.93. The van der Waals surface area contributed by atoms with E-state index in [0.717, 1.165) is 11.4 Å². The first-order valence-corrected chi connectivity index (χ1v) is 13.2. The summed E-state index contributed by atoms with van der Waals surface area (Å²) < 4.78 is 32.4. The molecule has 0 N–H and O–H groups in total. The van der Waals surface area contributed by atoms with E-state index in [4.69, 9.17) is 10.00 Å². The largest absolute Gasteiger partial charge is 0.415 e. The molecule has 2 aliphatic heterocycles. The molecule has 2 fully saturated rings. The standard InChI is InChI=1S/C30H29F2N5O3/c1-35(30(39)40-25-9-7-24(32)8-10-25)27-19-37(18-26(27)21-3-5-23(31)6-4-21)29(38)22-12-14-36(15-13-22)28-11-2-20(16-33)17-34-28/h2-11,17,22,26-27H,12-15,18-19H2,1H3/t26-,27+/m1/s1. The van der Waals surface area contributed by atoms with Gasteiger partial charge in [0.05, 0.1) is 11.6 Å². The maximum absolute atomic E-state index is 13.7. The van der Waals surface area contributed by atoms with Crippen molar-refractivity contribution in [1.29, 1.82) is 5.26 Å². The molecular weight excluding hydrogens is 516 g/mol. The third-order valence-electron chi connectivity index (χ3n) is 7.75. The third-order valence-corrected chi connectivity index (χ3v) is 7.75. The number of hydrogen-bond donors (Lipinski definition) is 0. The molecule has 0 unspecified atom stereocenters. The molecule has 5 rings (SSSR count). The van der Waals surface area contributed by atoms with Gasteiger partial charge in [-0.2, -0.15) is 5.26 Å². The summed E-state index contributed by atoms with van der Waals surface area (Å²) in [6, 6.07) is 16.5. The average Bonchev–Trinajstić information content (AvgIpc) is 3.43. The van der Waals surface area contributed by atoms with Crippen molar-refractivity contribution in [2.24, 2.45) is 5.92 Å². The molecule has 40 heavy (non-hydrogen) atoms. The second-order valence-corrected chi connectivity index (χ2v) is 10.2. The van der Waals surface area contributed by atoms with Gasteiger partial charge in [-0.05, 0) is 66.9 Å². The lowest BCUT2D eigenvalue weighted by Gasteiger charge is -2.34. The molecule has 8 nitrogen and oxygen atoms in total. The molecule has 0 saturated carbocycles. The molecule has 0 spiro atoms. The Morgan fingerprint density at radius 2 is 1.62 bits per heavy atom. The van der Waals surface area contributed by atoms with Crippen LogP contribution in [0, 0.1) is 28.9 Å². The predicted molar refractivity (Wildman–Crippen MR) is 144 cm³/mol. The molecule has 2 aliphatic rings. The van der Waals surface area contributed by atoms with Crippen LogP contribution in [0.5, 0.6) is 5.75 Å². The maximum Gasteiger partial charge on any atom is 0.415 e. The summed E-state index contributed by atoms with van der Waals surface area (Å²) in [5.74, 6) is -0.179. The van der Waals surface area contributed by atoms with Crippen molar-refractivity contribution in [2.75, 3.05) is 38.1 Å². The fraction of sp³-hybridized carbons (Fsp3) is 0.333. The van der Waals surface area contributed by atoms with E-state index in [-0.39, 0.29) is 29.3 Å². The van der Waals surface area contributed by atoms with Crippen molar-refractivity contribution < 1.29 is 23.1 Å². The number of likely N-dealkylation sites (tertiary alicyclic amines) is 1. The highest BCUT2D eigenvalue weighted by Gasteiger charge is 2.42. The van der Waals surface area contributed by atoms with Gasteiger partial charge < -0.3 is 19.4 Å². The van der Waals surface area contributed by atoms with E-state index >= 15 is 0 Å². The number of carbonyl (C=O) groups excluding carboxylic acids is 2. The molecule has 3 heterocycles. The van der Waals surface area contributed by atoms with Gasteiger partial charge in [-0.25, -0.2) is 18.6 Å². The van der Waals surface area contributed by atoms with E-state index in [2.05, 4.69) is 16.0 Å². The Bertz CT molecular complexity index is 1380. The molecule has 2 atom stereocenters. The monoisotopic (exact) mass is 545 g/mol. The summed E-state index contributed by atoms with van der Waals surface area (Å²) in [6.07, 6.45) is 2.24. The summed E-state index contributed by atoms with van der Waals surface area (Å²) in [4.78, 5) is 36.4. The fourth-order valence-corrected chi connectivity index (χ4v) is 5.46. The van der Waals surface area contributed by atoms with E-state index < -0.39 is 18.0 Å². The minimum atomic E-state index is -0.624. The van der Waals surface area contributed by atoms with E-state index in [9.17, 15) is 18.4 Å². The Morgan fingerprint density at radius 1 is 0.975 bits per heavy atom. The number of halogens is 2. The van der Waals surface area contributed by atoms with E-state index in [1.54, 1.807) is 36.3 Å². The second-order valence-electron chi connectivity index (χ2n) is 10.2. The Kier molecular flexibility index (Phi) is 7.91. The van der Waals surface area contributed by atoms with Crippen molar-refractivity contribution in [2.45, 2.75) is 24.8 Å². The molecule has 2 aromatic carbocycles. The van der Waals surface area contributed by atoms with Gasteiger partial charge in [0, 0.05) is 51.3 Å². The summed E-state index contributed by atoms with van der Waals surface area (Å²) in [5, 5.41) is 9.00. The Morgan fingerprint density at radius 3 is 2.23 bits per heavy atom. The molecule has 10 heteroatoms. The van der Waals surface area contributed by atoms with Crippen LogP contribution in [0.25, 0.3) is 0 Å². The van der Waals surface area contributed by atoms with Gasteiger partial charge in [0.25, 0.3) is 0 Å². The van der Waals surface area contributed by atoms with Crippen LogP contribution >= 0.6 is 0 Å². The number of anilines is 1. The van der Waals surface area contributed by atoms with E-state index in [0.29, 0.717) is 44.6 Å². The van der Waals surface area contributed by atoms with Crippen molar-refractivity contribution in [3.8, 4) is 11.8 Å². The second kappa shape index (κ2) is 11.7. The number of nitriles is 1. The first-order chi connectivity index (χ1) is 19.3. The van der Waals surface area contributed by atoms with Crippen LogP contribution in [-0.2, 0) is 4.79 Å². The third kappa shape index (κ3) is 5.88. The Balaban J connectivity index is 1.27. The van der Waals surface area contributed by atoms with Crippen LogP contribution in [0.4, 0.5) is 19.4 Å². The van der Waals surface area contributed by atoms with Gasteiger partial charge in [-0.1, -0.05) is 12.1 Å². The van der Waals surface area contributed by atoms with Crippen LogP contribution in [0.15, 0.2) is 66.9 Å². The predicted octanol–water partition coefficient (Wildman–Crippen LogP) is 4.57. The molecule has 3 aromatic rings. The number of aromatic nitrogens is 1. The highest BCUT2D eigenvalue weighted by Crippen LogP contribution is 2.34. The fourth-order valence-electron chi connectivity index (χ4n) is 5.46. The van der Waals surface area contributed by atoms with Crippen molar-refractivity contribution in [1.82, 2.24) is 14.8 Å². The molecule has 0 radical (unpaired) electrons. The lowest BCUT2D eigenvalue weighted by molar-refractivity contribution is -0.135. The average molecular weight is 546 g/mol. The number of nitrogens with zero attached hydrogens (tertiary/aromatic N) is 5. The molecule has 2 saturated heterocycles. The number of carbonyl (C=O) groups is 2. The quantitative estimate of drug-likeness (QED) is 0.467. The summed E-state index contributed by atoms with van der Waals surface area (Å²) in [5.41, 5.74) is 1.32. The highest BCUT2D eigenvalue weighted by atomic mass is 19.1. The van der Waals surface area contributed by atoms with Crippen molar-refractivity contribution in [3.63, 3.8) is 0 Å². The number of piperidine rings is 1. The molecule has 0 bridgehead atoms. The minimum Gasteiger partial charge on any atom is -0.410 e. The van der Waals surface area contributed by atoms with Crippen LogP contribution in [0.1, 0.15) is 29.9 Å². The molecule has 1 aromatic heterocycles. The summed E-state index contributed by atoms with van der Waals surface area (Å²) >= 11 is 0. The molecule has 0 aliphatic carbocycles. The number of hydrogen-bond acceptors (Lipinski definition) is 6. The molecular formula is C30H29F2N5O3. The zero-order valence-electron chi connectivity index (χ0n) is 22.0. The zero-order valence-corrected chi connectivity index (χ0v) is 22.0. The number of amides is 2.